The molecule has 0 saturated heterocycles. The molecule has 0 bridgehead atoms. The Balaban J connectivity index is 1.24. The summed E-state index contributed by atoms with van der Waals surface area (Å²) in [6.07, 6.45) is 3.79. The summed E-state index contributed by atoms with van der Waals surface area (Å²) in [4.78, 5) is 0. The fraction of sp³-hybridized carbons (Fsp3) is 0.250. The zero-order chi connectivity index (χ0) is 16.9. The molecule has 1 heteroatoms. The van der Waals surface area contributed by atoms with Crippen LogP contribution < -0.4 is 4.74 Å². The second-order valence-electron chi connectivity index (χ2n) is 6.97. The predicted molar refractivity (Wildman–Crippen MR) is 103 cm³/mol. The van der Waals surface area contributed by atoms with Crippen molar-refractivity contribution < 1.29 is 4.74 Å². The standard InChI is InChI=1S/C24H24O/c1-3-7-20(8-4-1)18-25-23-15-12-19(13-16-23)11-14-22-17-24(22)21-9-5-2-6-10-21/h1-10,12-13,15-16,22,24H,11,14,17-18H2/t22-,24?/m0/s1. The van der Waals surface area contributed by atoms with Gasteiger partial charge in [0.25, 0.3) is 0 Å². The third kappa shape index (κ3) is 4.30. The van der Waals surface area contributed by atoms with Gasteiger partial charge in [-0.1, -0.05) is 72.8 Å². The lowest BCUT2D eigenvalue weighted by atomic mass is 10.0. The van der Waals surface area contributed by atoms with Crippen LogP contribution in [0, 0.1) is 5.92 Å². The zero-order valence-corrected chi connectivity index (χ0v) is 14.5. The Kier molecular flexibility index (Phi) is 4.83. The molecule has 0 spiro atoms. The summed E-state index contributed by atoms with van der Waals surface area (Å²) >= 11 is 0. The van der Waals surface area contributed by atoms with E-state index >= 15 is 0 Å². The van der Waals surface area contributed by atoms with Gasteiger partial charge in [-0.2, -0.15) is 0 Å². The molecule has 0 amide bonds. The van der Waals surface area contributed by atoms with E-state index in [0.29, 0.717) is 6.61 Å². The summed E-state index contributed by atoms with van der Waals surface area (Å²) in [6.45, 7) is 0.626. The van der Waals surface area contributed by atoms with Gasteiger partial charge in [0.05, 0.1) is 0 Å². The molecule has 25 heavy (non-hydrogen) atoms. The molecule has 1 nitrogen and oxygen atoms in total. The first-order valence-electron chi connectivity index (χ1n) is 9.19. The highest BCUT2D eigenvalue weighted by atomic mass is 16.5. The highest BCUT2D eigenvalue weighted by Gasteiger charge is 2.37. The molecule has 4 rings (SSSR count). The molecule has 2 atom stereocenters. The Bertz CT molecular complexity index is 777. The van der Waals surface area contributed by atoms with Gasteiger partial charge < -0.3 is 4.74 Å². The fourth-order valence-corrected chi connectivity index (χ4v) is 3.52. The second kappa shape index (κ2) is 7.57. The van der Waals surface area contributed by atoms with Gasteiger partial charge in [-0.25, -0.2) is 0 Å². The summed E-state index contributed by atoms with van der Waals surface area (Å²) in [7, 11) is 0. The Morgan fingerprint density at radius 3 is 2.12 bits per heavy atom. The van der Waals surface area contributed by atoms with Gasteiger partial charge in [-0.15, -0.1) is 0 Å². The van der Waals surface area contributed by atoms with Crippen molar-refractivity contribution in [3.63, 3.8) is 0 Å². The molecule has 0 aliphatic heterocycles. The van der Waals surface area contributed by atoms with E-state index in [0.717, 1.165) is 24.0 Å². The van der Waals surface area contributed by atoms with E-state index in [1.807, 2.05) is 18.2 Å². The molecule has 126 valence electrons. The molecule has 0 N–H and O–H groups in total. The van der Waals surface area contributed by atoms with Crippen molar-refractivity contribution in [2.75, 3.05) is 0 Å². The number of rotatable bonds is 7. The molecule has 0 heterocycles. The second-order valence-corrected chi connectivity index (χ2v) is 6.97. The smallest absolute Gasteiger partial charge is 0.119 e. The van der Waals surface area contributed by atoms with Crippen LogP contribution in [0.1, 0.15) is 35.4 Å². The highest BCUT2D eigenvalue weighted by molar-refractivity contribution is 5.29. The molecule has 0 aromatic heterocycles. The lowest BCUT2D eigenvalue weighted by Gasteiger charge is -2.07. The van der Waals surface area contributed by atoms with Gasteiger partial charge in [0.1, 0.15) is 12.4 Å². The van der Waals surface area contributed by atoms with Gasteiger partial charge in [-0.05, 0) is 59.9 Å². The van der Waals surface area contributed by atoms with Crippen LogP contribution in [-0.4, -0.2) is 0 Å². The van der Waals surface area contributed by atoms with Gasteiger partial charge in [0.2, 0.25) is 0 Å². The third-order valence-electron chi connectivity index (χ3n) is 5.13. The van der Waals surface area contributed by atoms with Crippen LogP contribution in [0.4, 0.5) is 0 Å². The maximum atomic E-state index is 5.86. The van der Waals surface area contributed by atoms with Crippen LogP contribution in [-0.2, 0) is 13.0 Å². The Hall–Kier alpha value is -2.54. The van der Waals surface area contributed by atoms with Crippen LogP contribution in [0.5, 0.6) is 5.75 Å². The molecule has 0 radical (unpaired) electrons. The molecule has 3 aromatic rings. The fourth-order valence-electron chi connectivity index (χ4n) is 3.52. The summed E-state index contributed by atoms with van der Waals surface area (Å²) in [6, 6.07) is 29.8. The largest absolute Gasteiger partial charge is 0.489 e. The Morgan fingerprint density at radius 2 is 1.40 bits per heavy atom. The van der Waals surface area contributed by atoms with E-state index in [4.69, 9.17) is 4.74 Å². The highest BCUT2D eigenvalue weighted by Crippen LogP contribution is 2.49. The molecule has 1 aliphatic carbocycles. The van der Waals surface area contributed by atoms with Crippen LogP contribution in [0.25, 0.3) is 0 Å². The zero-order valence-electron chi connectivity index (χ0n) is 14.5. The topological polar surface area (TPSA) is 9.23 Å². The van der Waals surface area contributed by atoms with E-state index in [2.05, 4.69) is 66.7 Å². The van der Waals surface area contributed by atoms with Gasteiger partial charge in [-0.3, -0.25) is 0 Å². The van der Waals surface area contributed by atoms with Crippen LogP contribution in [0.15, 0.2) is 84.9 Å². The average molecular weight is 328 g/mol. The molecule has 3 aromatic carbocycles. The molecule has 1 fully saturated rings. The number of aryl methyl sites for hydroxylation is 1. The minimum absolute atomic E-state index is 0.626. The third-order valence-corrected chi connectivity index (χ3v) is 5.13. The molecule has 1 saturated carbocycles. The number of benzene rings is 3. The number of ether oxygens (including phenoxy) is 1. The molecular formula is C24H24O. The van der Waals surface area contributed by atoms with Crippen molar-refractivity contribution in [3.05, 3.63) is 102 Å². The normalized spacial score (nSPS) is 18.7. The Labute approximate surface area is 150 Å². The maximum Gasteiger partial charge on any atom is 0.119 e. The first-order valence-corrected chi connectivity index (χ1v) is 9.19. The van der Waals surface area contributed by atoms with E-state index in [9.17, 15) is 0 Å². The van der Waals surface area contributed by atoms with Crippen molar-refractivity contribution >= 4 is 0 Å². The van der Waals surface area contributed by atoms with Crippen LogP contribution in [0.3, 0.4) is 0 Å². The first-order chi connectivity index (χ1) is 12.4. The summed E-state index contributed by atoms with van der Waals surface area (Å²) in [5, 5.41) is 0. The quantitative estimate of drug-likeness (QED) is 0.516. The van der Waals surface area contributed by atoms with E-state index < -0.39 is 0 Å². The number of hydrogen-bond acceptors (Lipinski definition) is 1. The van der Waals surface area contributed by atoms with Crippen molar-refractivity contribution in [3.8, 4) is 5.75 Å². The first kappa shape index (κ1) is 16.0. The Morgan fingerprint density at radius 1 is 0.720 bits per heavy atom. The average Bonchev–Trinajstić information content (AvgIpc) is 3.47. The van der Waals surface area contributed by atoms with E-state index in [1.54, 1.807) is 0 Å². The minimum atomic E-state index is 0.626. The van der Waals surface area contributed by atoms with Crippen molar-refractivity contribution in [2.24, 2.45) is 5.92 Å². The van der Waals surface area contributed by atoms with Gasteiger partial charge in [0.15, 0.2) is 0 Å². The molecular weight excluding hydrogens is 304 g/mol. The lowest BCUT2D eigenvalue weighted by molar-refractivity contribution is 0.306. The monoisotopic (exact) mass is 328 g/mol. The SMILES string of the molecule is c1ccc(COc2ccc(CC[C@H]3CC3c3ccccc3)cc2)cc1. The molecule has 1 unspecified atom stereocenters. The van der Waals surface area contributed by atoms with E-state index in [1.165, 1.54) is 29.5 Å². The summed E-state index contributed by atoms with van der Waals surface area (Å²) < 4.78 is 5.86. The van der Waals surface area contributed by atoms with Crippen molar-refractivity contribution in [2.45, 2.75) is 31.8 Å². The maximum absolute atomic E-state index is 5.86. The van der Waals surface area contributed by atoms with Crippen LogP contribution in [0.2, 0.25) is 0 Å². The predicted octanol–water partition coefficient (Wildman–Crippen LogP) is 6.00. The van der Waals surface area contributed by atoms with Crippen molar-refractivity contribution in [1.82, 2.24) is 0 Å². The van der Waals surface area contributed by atoms with Gasteiger partial charge in [0, 0.05) is 0 Å². The van der Waals surface area contributed by atoms with Crippen LogP contribution >= 0.6 is 0 Å². The minimum Gasteiger partial charge on any atom is -0.489 e. The summed E-state index contributed by atoms with van der Waals surface area (Å²) in [5.74, 6) is 2.59. The van der Waals surface area contributed by atoms with E-state index in [-0.39, 0.29) is 0 Å². The number of hydrogen-bond donors (Lipinski definition) is 0. The van der Waals surface area contributed by atoms with Gasteiger partial charge >= 0.3 is 0 Å². The lowest BCUT2D eigenvalue weighted by Crippen LogP contribution is -1.95. The summed E-state index contributed by atoms with van der Waals surface area (Å²) in [5.41, 5.74) is 4.12. The van der Waals surface area contributed by atoms with Crippen molar-refractivity contribution in [1.29, 1.82) is 0 Å². The molecule has 1 aliphatic rings.